The van der Waals surface area contributed by atoms with Gasteiger partial charge in [-0.3, -0.25) is 14.7 Å². The molecule has 102 valence electrons. The van der Waals surface area contributed by atoms with Gasteiger partial charge in [0, 0.05) is 6.61 Å². The van der Waals surface area contributed by atoms with Crippen molar-refractivity contribution in [3.63, 3.8) is 0 Å². The number of aliphatic hydroxyl groups is 1. The molecule has 0 spiro atoms. The molecular weight excluding hydrogens is 247 g/mol. The second kappa shape index (κ2) is 8.60. The molecule has 1 amide bonds. The fourth-order valence-electron chi connectivity index (χ4n) is 1.22. The van der Waals surface area contributed by atoms with E-state index in [1.165, 1.54) is 0 Å². The van der Waals surface area contributed by atoms with Gasteiger partial charge >= 0.3 is 7.60 Å². The highest BCUT2D eigenvalue weighted by Crippen LogP contribution is 2.46. The van der Waals surface area contributed by atoms with E-state index in [-0.39, 0.29) is 32.5 Å². The Bertz CT molecular complexity index is 264. The first-order valence-electron chi connectivity index (χ1n) is 5.50. The van der Waals surface area contributed by atoms with E-state index in [1.54, 1.807) is 13.8 Å². The van der Waals surface area contributed by atoms with Crippen molar-refractivity contribution < 1.29 is 23.5 Å². The standard InChI is InChI=1S/C9H21N2O5P/c1-3-15-17(14,16-4-2)7-11-8(5-6-12)9(10)13/h8,11-12H,3-7H2,1-2H3,(H2,10,13)/t8-/m0/s1. The van der Waals surface area contributed by atoms with Crippen molar-refractivity contribution >= 4 is 13.5 Å². The minimum absolute atomic E-state index is 0.109. The summed E-state index contributed by atoms with van der Waals surface area (Å²) in [4.78, 5) is 11.0. The van der Waals surface area contributed by atoms with Crippen LogP contribution >= 0.6 is 7.60 Å². The molecule has 0 aromatic carbocycles. The summed E-state index contributed by atoms with van der Waals surface area (Å²) in [5.74, 6) is -0.612. The smallest absolute Gasteiger partial charge is 0.344 e. The third-order valence-corrected chi connectivity index (χ3v) is 3.82. The van der Waals surface area contributed by atoms with Crippen LogP contribution in [-0.4, -0.2) is 43.2 Å². The molecule has 0 aromatic heterocycles. The van der Waals surface area contributed by atoms with Gasteiger partial charge in [-0.2, -0.15) is 0 Å². The average molecular weight is 268 g/mol. The first-order chi connectivity index (χ1) is 7.99. The fourth-order valence-corrected chi connectivity index (χ4v) is 2.71. The van der Waals surface area contributed by atoms with Crippen LogP contribution in [-0.2, 0) is 18.4 Å². The lowest BCUT2D eigenvalue weighted by atomic mass is 10.2. The number of amides is 1. The van der Waals surface area contributed by atoms with Gasteiger partial charge in [-0.1, -0.05) is 0 Å². The first kappa shape index (κ1) is 16.5. The number of nitrogens with one attached hydrogen (secondary N) is 1. The third kappa shape index (κ3) is 6.75. The predicted molar refractivity (Wildman–Crippen MR) is 63.5 cm³/mol. The van der Waals surface area contributed by atoms with Crippen LogP contribution in [0.4, 0.5) is 0 Å². The Morgan fingerprint density at radius 1 is 1.41 bits per heavy atom. The van der Waals surface area contributed by atoms with Gasteiger partial charge < -0.3 is 19.9 Å². The van der Waals surface area contributed by atoms with Crippen LogP contribution in [0, 0.1) is 0 Å². The van der Waals surface area contributed by atoms with E-state index < -0.39 is 19.5 Å². The minimum atomic E-state index is -3.24. The zero-order valence-corrected chi connectivity index (χ0v) is 11.1. The maximum absolute atomic E-state index is 12.0. The van der Waals surface area contributed by atoms with Crippen LogP contribution in [0.3, 0.4) is 0 Å². The summed E-state index contributed by atoms with van der Waals surface area (Å²) in [6.45, 7) is 3.71. The van der Waals surface area contributed by atoms with Gasteiger partial charge in [-0.15, -0.1) is 0 Å². The number of aliphatic hydroxyl groups excluding tert-OH is 1. The Balaban J connectivity index is 4.35. The molecular formula is C9H21N2O5P. The number of hydrogen-bond acceptors (Lipinski definition) is 6. The zero-order chi connectivity index (χ0) is 13.3. The molecule has 0 rings (SSSR count). The second-order valence-corrected chi connectivity index (χ2v) is 5.33. The van der Waals surface area contributed by atoms with Gasteiger partial charge in [0.25, 0.3) is 0 Å². The fraction of sp³-hybridized carbons (Fsp3) is 0.889. The molecule has 17 heavy (non-hydrogen) atoms. The lowest BCUT2D eigenvalue weighted by Crippen LogP contribution is -2.42. The molecule has 0 fully saturated rings. The van der Waals surface area contributed by atoms with Gasteiger partial charge in [0.1, 0.15) is 0 Å². The maximum atomic E-state index is 12.0. The molecule has 0 saturated heterocycles. The molecule has 0 radical (unpaired) electrons. The summed E-state index contributed by atoms with van der Waals surface area (Å²) in [7, 11) is -3.24. The molecule has 0 heterocycles. The van der Waals surface area contributed by atoms with Crippen LogP contribution < -0.4 is 11.1 Å². The summed E-state index contributed by atoms with van der Waals surface area (Å²) in [6, 6.07) is -0.741. The van der Waals surface area contributed by atoms with E-state index in [4.69, 9.17) is 19.9 Å². The van der Waals surface area contributed by atoms with Crippen molar-refractivity contribution in [1.82, 2.24) is 5.32 Å². The highest BCUT2D eigenvalue weighted by Gasteiger charge is 2.26. The predicted octanol–water partition coefficient (Wildman–Crippen LogP) is 0.0359. The summed E-state index contributed by atoms with van der Waals surface area (Å²) in [6.07, 6.45) is 0.0515. The SMILES string of the molecule is CCOP(=O)(CN[C@@H](CCO)C(N)=O)OCC. The first-order valence-corrected chi connectivity index (χ1v) is 7.23. The molecule has 0 aliphatic heterocycles. The molecule has 1 atom stereocenters. The Labute approximate surface area is 101 Å². The molecule has 7 nitrogen and oxygen atoms in total. The summed E-state index contributed by atoms with van der Waals surface area (Å²) >= 11 is 0. The Kier molecular flexibility index (Phi) is 8.37. The molecule has 0 saturated carbocycles. The minimum Gasteiger partial charge on any atom is -0.396 e. The number of hydrogen-bond donors (Lipinski definition) is 3. The number of primary amides is 1. The number of rotatable bonds is 10. The monoisotopic (exact) mass is 268 g/mol. The molecule has 0 aliphatic carbocycles. The Morgan fingerprint density at radius 2 is 1.94 bits per heavy atom. The van der Waals surface area contributed by atoms with Crippen molar-refractivity contribution in [3.8, 4) is 0 Å². The number of carbonyl (C=O) groups is 1. The number of nitrogens with two attached hydrogens (primary N) is 1. The Morgan fingerprint density at radius 3 is 2.29 bits per heavy atom. The van der Waals surface area contributed by atoms with Crippen molar-refractivity contribution in [2.24, 2.45) is 5.73 Å². The van der Waals surface area contributed by atoms with Crippen LogP contribution in [0.1, 0.15) is 20.3 Å². The van der Waals surface area contributed by atoms with Crippen molar-refractivity contribution in [1.29, 1.82) is 0 Å². The van der Waals surface area contributed by atoms with Gasteiger partial charge in [0.05, 0.1) is 25.5 Å². The van der Waals surface area contributed by atoms with Crippen molar-refractivity contribution in [3.05, 3.63) is 0 Å². The van der Waals surface area contributed by atoms with E-state index in [0.717, 1.165) is 0 Å². The summed E-state index contributed by atoms with van der Waals surface area (Å²) in [5, 5.41) is 11.4. The molecule has 0 aliphatic rings. The molecule has 0 unspecified atom stereocenters. The second-order valence-electron chi connectivity index (χ2n) is 3.28. The van der Waals surface area contributed by atoms with Gasteiger partial charge in [0.15, 0.2) is 0 Å². The highest BCUT2D eigenvalue weighted by atomic mass is 31.2. The van der Waals surface area contributed by atoms with Crippen molar-refractivity contribution in [2.75, 3.05) is 26.1 Å². The van der Waals surface area contributed by atoms with Crippen LogP contribution in [0.2, 0.25) is 0 Å². The van der Waals surface area contributed by atoms with Crippen LogP contribution in [0.5, 0.6) is 0 Å². The number of carbonyl (C=O) groups excluding carboxylic acids is 1. The quantitative estimate of drug-likeness (QED) is 0.482. The van der Waals surface area contributed by atoms with E-state index in [9.17, 15) is 9.36 Å². The highest BCUT2D eigenvalue weighted by molar-refractivity contribution is 7.53. The van der Waals surface area contributed by atoms with E-state index in [2.05, 4.69) is 5.32 Å². The van der Waals surface area contributed by atoms with E-state index in [1.807, 2.05) is 0 Å². The maximum Gasteiger partial charge on any atom is 0.344 e. The molecule has 0 aromatic rings. The molecule has 8 heteroatoms. The topological polar surface area (TPSA) is 111 Å². The lowest BCUT2D eigenvalue weighted by Gasteiger charge is -2.20. The molecule has 0 bridgehead atoms. The van der Waals surface area contributed by atoms with Crippen LogP contribution in [0.25, 0.3) is 0 Å². The van der Waals surface area contributed by atoms with Crippen LogP contribution in [0.15, 0.2) is 0 Å². The largest absolute Gasteiger partial charge is 0.396 e. The van der Waals surface area contributed by atoms with Gasteiger partial charge in [-0.05, 0) is 20.3 Å². The third-order valence-electron chi connectivity index (χ3n) is 1.94. The summed E-state index contributed by atoms with van der Waals surface area (Å²) in [5.41, 5.74) is 5.12. The molecule has 4 N–H and O–H groups in total. The summed E-state index contributed by atoms with van der Waals surface area (Å²) < 4.78 is 22.1. The van der Waals surface area contributed by atoms with E-state index in [0.29, 0.717) is 0 Å². The average Bonchev–Trinajstić information content (AvgIpc) is 2.24. The normalized spacial score (nSPS) is 13.6. The lowest BCUT2D eigenvalue weighted by molar-refractivity contribution is -0.120. The van der Waals surface area contributed by atoms with Crippen molar-refractivity contribution in [2.45, 2.75) is 26.3 Å². The zero-order valence-electron chi connectivity index (χ0n) is 10.2. The van der Waals surface area contributed by atoms with E-state index >= 15 is 0 Å². The van der Waals surface area contributed by atoms with Gasteiger partial charge in [-0.25, -0.2) is 0 Å². The van der Waals surface area contributed by atoms with Gasteiger partial charge in [0.2, 0.25) is 5.91 Å². The Hall–Kier alpha value is -0.460.